The van der Waals surface area contributed by atoms with E-state index >= 15 is 0 Å². The normalized spacial score (nSPS) is 33.8. The predicted octanol–water partition coefficient (Wildman–Crippen LogP) is 0.518. The van der Waals surface area contributed by atoms with Crippen molar-refractivity contribution in [3.8, 4) is 0 Å². The molecule has 5 aliphatic heterocycles. The Morgan fingerprint density at radius 2 is 0.910 bits per heavy atom. The third kappa shape index (κ3) is 31.8. The minimum Gasteiger partial charge on any atom is -0.477 e. The molecule has 5 heterocycles. The van der Waals surface area contributed by atoms with Gasteiger partial charge in [0.2, 0.25) is 17.7 Å². The van der Waals surface area contributed by atoms with Crippen LogP contribution in [0.2, 0.25) is 0 Å². The fourth-order valence-corrected chi connectivity index (χ4v) is 14.9. The van der Waals surface area contributed by atoms with Gasteiger partial charge in [0.1, 0.15) is 116 Å². The molecular formula is C77H139N3O31. The van der Waals surface area contributed by atoms with Crippen LogP contribution in [-0.4, -0.2) is 321 Å². The highest BCUT2D eigenvalue weighted by Crippen LogP contribution is 2.39. The lowest BCUT2D eigenvalue weighted by Gasteiger charge is -2.51. The third-order valence-electron chi connectivity index (χ3n) is 21.6. The molecule has 0 aromatic rings. The molecule has 0 saturated carbocycles. The van der Waals surface area contributed by atoms with Crippen molar-refractivity contribution in [2.45, 2.75) is 411 Å². The second kappa shape index (κ2) is 53.1. The highest BCUT2D eigenvalue weighted by Gasteiger charge is 2.60. The van der Waals surface area contributed by atoms with Crippen LogP contribution in [0.1, 0.15) is 240 Å². The molecule has 20 N–H and O–H groups in total. The van der Waals surface area contributed by atoms with Gasteiger partial charge in [0.05, 0.1) is 63.9 Å². The Morgan fingerprint density at radius 3 is 1.41 bits per heavy atom. The van der Waals surface area contributed by atoms with Crippen LogP contribution in [0.15, 0.2) is 12.2 Å². The molecule has 3 amide bonds. The molecule has 0 bridgehead atoms. The standard InChI is InChI=1S/C77H139N3O31/c1-5-7-9-11-13-15-17-19-20-21-22-23-24-26-28-30-32-34-36-38-56(90)80-48(49(87)37-35-33-31-29-27-25-18-16-14-12-10-8-6-2)44-102-73-66(98)64(96)68(54(43-84)106-73)108-75-67(99)71(61(93)53(42-83)105-75)110-72-58(79-47(4)86)69(109-74-65(97)63(95)60(92)52(41-82)104-74)62(94)55(107-72)45-103-77(76(100)101)39-50(88)57(78-46(3)85)70(111-77)59(91)51(89)40-81/h35,37,48-55,57-75,81-84,87-89,91-99H,5-34,36,38-45H2,1-4H3,(H,78,85)(H,79,86)(H,80,90)(H,100,101)/b37-35+/t48-,49+,50?,51+,52?,53?,54?,55?,57+,58?,59+,60-,61-,62+,63-,64+,65?,66?,67?,68+,69+,70?,71-,72-,73+,74-,75-,77+/m0/s1. The second-order valence-corrected chi connectivity index (χ2v) is 30.7. The van der Waals surface area contributed by atoms with E-state index < -0.39 is 235 Å². The van der Waals surface area contributed by atoms with E-state index in [1.165, 1.54) is 135 Å². The van der Waals surface area contributed by atoms with Crippen LogP contribution in [0.3, 0.4) is 0 Å². The number of ether oxygens (including phenoxy) is 10. The first-order chi connectivity index (χ1) is 53.2. The fourth-order valence-electron chi connectivity index (χ4n) is 14.9. The van der Waals surface area contributed by atoms with Gasteiger partial charge in [-0.2, -0.15) is 0 Å². The summed E-state index contributed by atoms with van der Waals surface area (Å²) < 4.78 is 59.3. The van der Waals surface area contributed by atoms with E-state index in [1.54, 1.807) is 6.08 Å². The molecule has 5 fully saturated rings. The second-order valence-electron chi connectivity index (χ2n) is 30.7. The van der Waals surface area contributed by atoms with Crippen molar-refractivity contribution < 1.29 is 153 Å². The van der Waals surface area contributed by atoms with E-state index in [2.05, 4.69) is 29.8 Å². The molecule has 0 aromatic heterocycles. The third-order valence-corrected chi connectivity index (χ3v) is 21.6. The maximum atomic E-state index is 13.6. The number of amides is 3. The summed E-state index contributed by atoms with van der Waals surface area (Å²) in [7, 11) is 0. The average Bonchev–Trinajstić information content (AvgIpc) is 0.842. The minimum atomic E-state index is -3.10. The van der Waals surface area contributed by atoms with Crippen LogP contribution in [-0.2, 0) is 66.5 Å². The molecule has 10 unspecified atom stereocenters. The van der Waals surface area contributed by atoms with Crippen molar-refractivity contribution in [3.63, 3.8) is 0 Å². The number of carboxylic acid groups (broad SMARTS) is 1. The van der Waals surface area contributed by atoms with E-state index in [-0.39, 0.29) is 12.3 Å². The molecule has 34 heteroatoms. The van der Waals surface area contributed by atoms with Crippen molar-refractivity contribution in [3.05, 3.63) is 12.2 Å². The molecule has 0 aliphatic carbocycles. The Balaban J connectivity index is 1.30. The molecule has 5 saturated heterocycles. The molecule has 111 heavy (non-hydrogen) atoms. The first kappa shape index (κ1) is 98.2. The molecule has 5 rings (SSSR count). The number of allylic oxidation sites excluding steroid dienone is 1. The summed E-state index contributed by atoms with van der Waals surface area (Å²) in [5, 5.41) is 196. The quantitative estimate of drug-likeness (QED) is 0.0291. The number of nitrogens with one attached hydrogen (secondary N) is 3. The fraction of sp³-hybridized carbons (Fsp3) is 0.922. The Bertz CT molecular complexity index is 2570. The van der Waals surface area contributed by atoms with E-state index in [0.29, 0.717) is 12.8 Å². The number of aliphatic hydroxyl groups excluding tert-OH is 16. The SMILES string of the molecule is CCCCCCCCCCCCC/C=C/[C@@H](O)[C@H](CO[C@@H]1OC(CO)[C@@H](O[C@@H]2OC(CO)[C@H](O)[C@H](O[C@@H]3OC(CO[C@]4(C(=O)O)CC(O)[C@@H](NC(C)=O)C([C@H](O)[C@H](O)CO)O4)[C@@H](O)[C@H](O[C@@H]4OC(CO)[C@H](O)[C@H](O)C4O)C3NC(C)=O)C2O)[C@H](O)C1O)NC(=O)CCCCCCCCCCCCCCCCCCCCC. The number of hydrogen-bond donors (Lipinski definition) is 20. The van der Waals surface area contributed by atoms with Gasteiger partial charge in [-0.15, -0.1) is 0 Å². The van der Waals surface area contributed by atoms with Gasteiger partial charge in [0.25, 0.3) is 5.79 Å². The van der Waals surface area contributed by atoms with Crippen LogP contribution in [0.4, 0.5) is 0 Å². The summed E-state index contributed by atoms with van der Waals surface area (Å²) in [6.45, 7) is 0.556. The maximum absolute atomic E-state index is 13.6. The lowest BCUT2D eigenvalue weighted by atomic mass is 9.88. The largest absolute Gasteiger partial charge is 0.477 e. The molecule has 0 aromatic carbocycles. The Hall–Kier alpha value is -3.42. The zero-order valence-electron chi connectivity index (χ0n) is 65.6. The minimum absolute atomic E-state index is 0.158. The number of carbonyl (C=O) groups is 4. The number of rotatable bonds is 56. The molecule has 28 atom stereocenters. The van der Waals surface area contributed by atoms with Crippen LogP contribution >= 0.6 is 0 Å². The van der Waals surface area contributed by atoms with Gasteiger partial charge < -0.3 is 150 Å². The van der Waals surface area contributed by atoms with Crippen molar-refractivity contribution in [1.29, 1.82) is 0 Å². The highest BCUT2D eigenvalue weighted by molar-refractivity contribution is 5.77. The van der Waals surface area contributed by atoms with Crippen LogP contribution in [0.25, 0.3) is 0 Å². The summed E-state index contributed by atoms with van der Waals surface area (Å²) in [5.74, 6) is -7.23. The van der Waals surface area contributed by atoms with Crippen LogP contribution < -0.4 is 16.0 Å². The van der Waals surface area contributed by atoms with Crippen molar-refractivity contribution in [1.82, 2.24) is 16.0 Å². The smallest absolute Gasteiger partial charge is 0.364 e. The first-order valence-corrected chi connectivity index (χ1v) is 41.1. The Labute approximate surface area is 653 Å². The molecule has 0 spiro atoms. The van der Waals surface area contributed by atoms with Crippen molar-refractivity contribution >= 4 is 23.7 Å². The first-order valence-electron chi connectivity index (χ1n) is 41.1. The molecule has 34 nitrogen and oxygen atoms in total. The van der Waals surface area contributed by atoms with Crippen LogP contribution in [0, 0.1) is 0 Å². The maximum Gasteiger partial charge on any atom is 0.364 e. The monoisotopic (exact) mass is 1600 g/mol. The van der Waals surface area contributed by atoms with Crippen LogP contribution in [0.5, 0.6) is 0 Å². The molecule has 648 valence electrons. The van der Waals surface area contributed by atoms with E-state index in [4.69, 9.17) is 47.4 Å². The van der Waals surface area contributed by atoms with Crippen molar-refractivity contribution in [2.75, 3.05) is 39.6 Å². The number of carbonyl (C=O) groups excluding carboxylic acids is 3. The van der Waals surface area contributed by atoms with Gasteiger partial charge in [-0.1, -0.05) is 206 Å². The summed E-state index contributed by atoms with van der Waals surface area (Å²) in [4.78, 5) is 52.3. The number of aliphatic hydroxyl groups is 16. The Kier molecular flexibility index (Phi) is 47.0. The van der Waals surface area contributed by atoms with Gasteiger partial charge >= 0.3 is 5.97 Å². The summed E-state index contributed by atoms with van der Waals surface area (Å²) >= 11 is 0. The lowest BCUT2D eigenvalue weighted by Crippen LogP contribution is -2.71. The van der Waals surface area contributed by atoms with Gasteiger partial charge in [0, 0.05) is 26.7 Å². The number of aliphatic carboxylic acids is 1. The average molecular weight is 1600 g/mol. The summed E-state index contributed by atoms with van der Waals surface area (Å²) in [6, 6.07) is -4.69. The number of unbranched alkanes of at least 4 members (excludes halogenated alkanes) is 29. The zero-order chi connectivity index (χ0) is 81.6. The lowest BCUT2D eigenvalue weighted by molar-refractivity contribution is -0.384. The van der Waals surface area contributed by atoms with Gasteiger partial charge in [-0.3, -0.25) is 14.4 Å². The molecule has 5 aliphatic rings. The summed E-state index contributed by atoms with van der Waals surface area (Å²) in [6.07, 6.45) is -9.58. The van der Waals surface area contributed by atoms with Crippen molar-refractivity contribution in [2.24, 2.45) is 0 Å². The molecular weight excluding hydrogens is 1460 g/mol. The predicted molar refractivity (Wildman–Crippen MR) is 397 cm³/mol. The number of carboxylic acids is 1. The Morgan fingerprint density at radius 1 is 0.477 bits per heavy atom. The van der Waals surface area contributed by atoms with E-state index in [0.717, 1.165) is 65.2 Å². The summed E-state index contributed by atoms with van der Waals surface area (Å²) in [5.41, 5.74) is 0. The van der Waals surface area contributed by atoms with E-state index in [9.17, 15) is 106 Å². The molecule has 0 radical (unpaired) electrons. The van der Waals surface area contributed by atoms with Gasteiger partial charge in [-0.25, -0.2) is 4.79 Å². The number of hydrogen-bond acceptors (Lipinski definition) is 30. The zero-order valence-corrected chi connectivity index (χ0v) is 65.6. The highest BCUT2D eigenvalue weighted by atomic mass is 16.8. The van der Waals surface area contributed by atoms with Gasteiger partial charge in [0.15, 0.2) is 25.2 Å². The van der Waals surface area contributed by atoms with E-state index in [1.807, 2.05) is 6.08 Å². The topological polar surface area (TPSA) is 541 Å². The van der Waals surface area contributed by atoms with Gasteiger partial charge in [-0.05, 0) is 19.3 Å².